The lowest BCUT2D eigenvalue weighted by Crippen LogP contribution is -2.32. The molecule has 96 valence electrons. The third-order valence-electron chi connectivity index (χ3n) is 2.92. The van der Waals surface area contributed by atoms with E-state index in [0.717, 1.165) is 23.6 Å². The van der Waals surface area contributed by atoms with Gasteiger partial charge >= 0.3 is 0 Å². The fraction of sp³-hybridized carbons (Fsp3) is 0.538. The SMILES string of the molecule is CC(O)CCN(C)C(CN)c1ccccc1Cl. The quantitative estimate of drug-likeness (QED) is 0.819. The lowest BCUT2D eigenvalue weighted by molar-refractivity contribution is 0.150. The molecular formula is C13H21ClN2O. The number of aliphatic hydroxyl groups is 1. The first-order valence-electron chi connectivity index (χ1n) is 5.89. The maximum atomic E-state index is 9.30. The maximum absolute atomic E-state index is 9.30. The molecule has 17 heavy (non-hydrogen) atoms. The van der Waals surface area contributed by atoms with Gasteiger partial charge in [0.15, 0.2) is 0 Å². The van der Waals surface area contributed by atoms with Gasteiger partial charge in [0, 0.05) is 24.2 Å². The second-order valence-corrected chi connectivity index (χ2v) is 4.80. The normalized spacial score (nSPS) is 14.9. The zero-order chi connectivity index (χ0) is 12.8. The molecule has 3 nitrogen and oxygen atoms in total. The molecule has 1 rings (SSSR count). The van der Waals surface area contributed by atoms with Crippen LogP contribution in [0.2, 0.25) is 5.02 Å². The average molecular weight is 257 g/mol. The van der Waals surface area contributed by atoms with Gasteiger partial charge in [-0.2, -0.15) is 0 Å². The summed E-state index contributed by atoms with van der Waals surface area (Å²) in [5.74, 6) is 0. The molecule has 0 heterocycles. The first kappa shape index (κ1) is 14.5. The predicted octanol–water partition coefficient (Wildman–Crippen LogP) is 2.04. The Labute approximate surface area is 108 Å². The molecular weight excluding hydrogens is 236 g/mol. The lowest BCUT2D eigenvalue weighted by Gasteiger charge is -2.28. The van der Waals surface area contributed by atoms with Crippen LogP contribution in [0, 0.1) is 0 Å². The summed E-state index contributed by atoms with van der Waals surface area (Å²) < 4.78 is 0. The minimum atomic E-state index is -0.290. The molecule has 0 bridgehead atoms. The van der Waals surface area contributed by atoms with Gasteiger partial charge < -0.3 is 10.8 Å². The maximum Gasteiger partial charge on any atom is 0.0524 e. The number of nitrogens with two attached hydrogens (primary N) is 1. The van der Waals surface area contributed by atoms with Crippen molar-refractivity contribution in [3.05, 3.63) is 34.9 Å². The molecule has 1 aromatic rings. The van der Waals surface area contributed by atoms with Crippen molar-refractivity contribution in [2.24, 2.45) is 5.73 Å². The highest BCUT2D eigenvalue weighted by molar-refractivity contribution is 6.31. The van der Waals surface area contributed by atoms with Crippen LogP contribution in [0.3, 0.4) is 0 Å². The van der Waals surface area contributed by atoms with Gasteiger partial charge in [0.05, 0.1) is 6.10 Å². The van der Waals surface area contributed by atoms with Crippen molar-refractivity contribution in [2.75, 3.05) is 20.1 Å². The van der Waals surface area contributed by atoms with Gasteiger partial charge in [-0.1, -0.05) is 29.8 Å². The second kappa shape index (κ2) is 6.97. The summed E-state index contributed by atoms with van der Waals surface area (Å²) in [7, 11) is 2.00. The number of halogens is 1. The highest BCUT2D eigenvalue weighted by atomic mass is 35.5. The van der Waals surface area contributed by atoms with Gasteiger partial charge in [-0.25, -0.2) is 0 Å². The van der Waals surface area contributed by atoms with Gasteiger partial charge in [0.2, 0.25) is 0 Å². The van der Waals surface area contributed by atoms with Crippen molar-refractivity contribution in [1.29, 1.82) is 0 Å². The molecule has 1 aromatic carbocycles. The number of hydrogen-bond acceptors (Lipinski definition) is 3. The van der Waals surface area contributed by atoms with E-state index in [1.54, 1.807) is 6.92 Å². The van der Waals surface area contributed by atoms with E-state index in [1.165, 1.54) is 0 Å². The third kappa shape index (κ3) is 4.28. The molecule has 0 saturated heterocycles. The first-order chi connectivity index (χ1) is 8.06. The first-order valence-corrected chi connectivity index (χ1v) is 6.26. The van der Waals surface area contributed by atoms with E-state index >= 15 is 0 Å². The topological polar surface area (TPSA) is 49.5 Å². The molecule has 0 aliphatic heterocycles. The van der Waals surface area contributed by atoms with Gasteiger partial charge in [0.25, 0.3) is 0 Å². The number of aliphatic hydroxyl groups excluding tert-OH is 1. The van der Waals surface area contributed by atoms with Crippen molar-refractivity contribution in [3.8, 4) is 0 Å². The molecule has 0 radical (unpaired) electrons. The van der Waals surface area contributed by atoms with Crippen LogP contribution in [0.5, 0.6) is 0 Å². The van der Waals surface area contributed by atoms with Gasteiger partial charge in [-0.05, 0) is 32.0 Å². The van der Waals surface area contributed by atoms with Crippen molar-refractivity contribution in [2.45, 2.75) is 25.5 Å². The van der Waals surface area contributed by atoms with Crippen LogP contribution in [-0.2, 0) is 0 Å². The van der Waals surface area contributed by atoms with Crippen LogP contribution < -0.4 is 5.73 Å². The number of benzene rings is 1. The number of nitrogens with zero attached hydrogens (tertiary/aromatic N) is 1. The van der Waals surface area contributed by atoms with Crippen molar-refractivity contribution >= 4 is 11.6 Å². The zero-order valence-electron chi connectivity index (χ0n) is 10.4. The Kier molecular flexibility index (Phi) is 5.92. The van der Waals surface area contributed by atoms with E-state index in [0.29, 0.717) is 6.54 Å². The van der Waals surface area contributed by atoms with Gasteiger partial charge in [-0.15, -0.1) is 0 Å². The minimum Gasteiger partial charge on any atom is -0.393 e. The van der Waals surface area contributed by atoms with Crippen molar-refractivity contribution < 1.29 is 5.11 Å². The highest BCUT2D eigenvalue weighted by Gasteiger charge is 2.17. The van der Waals surface area contributed by atoms with E-state index in [-0.39, 0.29) is 12.1 Å². The van der Waals surface area contributed by atoms with Crippen LogP contribution in [0.4, 0.5) is 0 Å². The molecule has 0 aromatic heterocycles. The summed E-state index contributed by atoms with van der Waals surface area (Å²) >= 11 is 6.17. The van der Waals surface area contributed by atoms with Crippen LogP contribution in [-0.4, -0.2) is 36.2 Å². The molecule has 0 amide bonds. The predicted molar refractivity (Wildman–Crippen MR) is 72.2 cm³/mol. The summed E-state index contributed by atoms with van der Waals surface area (Å²) in [5, 5.41) is 10.0. The van der Waals surface area contributed by atoms with Crippen molar-refractivity contribution in [3.63, 3.8) is 0 Å². The van der Waals surface area contributed by atoms with Gasteiger partial charge in [0.1, 0.15) is 0 Å². The van der Waals surface area contributed by atoms with E-state index in [1.807, 2.05) is 31.3 Å². The van der Waals surface area contributed by atoms with Gasteiger partial charge in [-0.3, -0.25) is 4.90 Å². The van der Waals surface area contributed by atoms with Crippen LogP contribution in [0.1, 0.15) is 24.9 Å². The minimum absolute atomic E-state index is 0.0995. The molecule has 4 heteroatoms. The fourth-order valence-electron chi connectivity index (χ4n) is 1.84. The Morgan fingerprint density at radius 2 is 2.06 bits per heavy atom. The van der Waals surface area contributed by atoms with E-state index in [9.17, 15) is 5.11 Å². The van der Waals surface area contributed by atoms with E-state index in [2.05, 4.69) is 4.90 Å². The Morgan fingerprint density at radius 1 is 1.41 bits per heavy atom. The number of likely N-dealkylation sites (N-methyl/N-ethyl adjacent to an activating group) is 1. The van der Waals surface area contributed by atoms with Crippen LogP contribution in [0.15, 0.2) is 24.3 Å². The molecule has 0 fully saturated rings. The second-order valence-electron chi connectivity index (χ2n) is 4.39. The zero-order valence-corrected chi connectivity index (χ0v) is 11.2. The van der Waals surface area contributed by atoms with E-state index in [4.69, 9.17) is 17.3 Å². The van der Waals surface area contributed by atoms with Crippen LogP contribution >= 0.6 is 11.6 Å². The fourth-order valence-corrected chi connectivity index (χ4v) is 2.10. The summed E-state index contributed by atoms with van der Waals surface area (Å²) in [6, 6.07) is 7.85. The van der Waals surface area contributed by atoms with Crippen LogP contribution in [0.25, 0.3) is 0 Å². The molecule has 0 spiro atoms. The molecule has 3 N–H and O–H groups in total. The average Bonchev–Trinajstić information content (AvgIpc) is 2.30. The smallest absolute Gasteiger partial charge is 0.0524 e. The number of rotatable bonds is 6. The third-order valence-corrected chi connectivity index (χ3v) is 3.26. The molecule has 2 unspecified atom stereocenters. The molecule has 0 aliphatic rings. The Morgan fingerprint density at radius 3 is 2.59 bits per heavy atom. The lowest BCUT2D eigenvalue weighted by atomic mass is 10.1. The molecule has 2 atom stereocenters. The van der Waals surface area contributed by atoms with E-state index < -0.39 is 0 Å². The Hall–Kier alpha value is -0.610. The summed E-state index contributed by atoms with van der Waals surface area (Å²) in [6.45, 7) is 3.10. The number of hydrogen-bond donors (Lipinski definition) is 2. The highest BCUT2D eigenvalue weighted by Crippen LogP contribution is 2.25. The summed E-state index contributed by atoms with van der Waals surface area (Å²) in [6.07, 6.45) is 0.444. The summed E-state index contributed by atoms with van der Waals surface area (Å²) in [5.41, 5.74) is 6.86. The summed E-state index contributed by atoms with van der Waals surface area (Å²) in [4.78, 5) is 2.13. The van der Waals surface area contributed by atoms with Crippen molar-refractivity contribution in [1.82, 2.24) is 4.90 Å². The molecule has 0 aliphatic carbocycles. The largest absolute Gasteiger partial charge is 0.393 e. The Balaban J connectivity index is 2.74. The standard InChI is InChI=1S/C13H21ClN2O/c1-10(17)7-8-16(2)13(9-15)11-5-3-4-6-12(11)14/h3-6,10,13,17H,7-9,15H2,1-2H3. The Bertz CT molecular complexity index is 344. The molecule has 0 saturated carbocycles. The monoisotopic (exact) mass is 256 g/mol.